The van der Waals surface area contributed by atoms with E-state index in [1.54, 1.807) is 37.3 Å². The quantitative estimate of drug-likeness (QED) is 0.734. The second-order valence-corrected chi connectivity index (χ2v) is 8.04. The molecule has 166 valence electrons. The minimum atomic E-state index is -0.441. The molecule has 2 aromatic carbocycles. The van der Waals surface area contributed by atoms with Crippen molar-refractivity contribution in [2.45, 2.75) is 26.3 Å². The van der Waals surface area contributed by atoms with Crippen LogP contribution in [0.5, 0.6) is 11.5 Å². The van der Waals surface area contributed by atoms with Crippen molar-refractivity contribution in [2.24, 2.45) is 11.8 Å². The Kier molecular flexibility index (Phi) is 7.15. The molecule has 0 bridgehead atoms. The van der Waals surface area contributed by atoms with Gasteiger partial charge in [0, 0.05) is 37.0 Å². The van der Waals surface area contributed by atoms with Crippen molar-refractivity contribution >= 4 is 11.8 Å². The van der Waals surface area contributed by atoms with Crippen molar-refractivity contribution in [2.75, 3.05) is 27.3 Å². The topological polar surface area (TPSA) is 67.9 Å². The van der Waals surface area contributed by atoms with Crippen molar-refractivity contribution in [1.82, 2.24) is 10.2 Å². The summed E-state index contributed by atoms with van der Waals surface area (Å²) < 4.78 is 24.2. The lowest BCUT2D eigenvalue weighted by molar-refractivity contribution is -0.133. The van der Waals surface area contributed by atoms with E-state index in [9.17, 15) is 14.0 Å². The molecule has 31 heavy (non-hydrogen) atoms. The molecule has 0 saturated carbocycles. The summed E-state index contributed by atoms with van der Waals surface area (Å²) in [5.74, 6) is -0.138. The molecule has 1 fully saturated rings. The van der Waals surface area contributed by atoms with Crippen LogP contribution in [-0.4, -0.2) is 44.0 Å². The largest absolute Gasteiger partial charge is 0.493 e. The number of carbonyl (C=O) groups excluding carboxylic acids is 2. The number of para-hydroxylation sites is 1. The molecule has 2 aromatic rings. The van der Waals surface area contributed by atoms with E-state index in [1.165, 1.54) is 12.1 Å². The first-order valence-electron chi connectivity index (χ1n) is 10.4. The Morgan fingerprint density at radius 1 is 1.10 bits per heavy atom. The minimum Gasteiger partial charge on any atom is -0.493 e. The summed E-state index contributed by atoms with van der Waals surface area (Å²) in [6.07, 6.45) is 0. The first kappa shape index (κ1) is 22.6. The fourth-order valence-corrected chi connectivity index (χ4v) is 4.06. The maximum absolute atomic E-state index is 13.2. The summed E-state index contributed by atoms with van der Waals surface area (Å²) in [5.41, 5.74) is 1.64. The van der Waals surface area contributed by atoms with Crippen LogP contribution in [0.3, 0.4) is 0 Å². The molecule has 3 rings (SSSR count). The number of nitrogens with zero attached hydrogens (tertiary/aromatic N) is 1. The molecule has 1 N–H and O–H groups in total. The number of likely N-dealkylation sites (tertiary alicyclic amines) is 1. The number of benzene rings is 2. The lowest BCUT2D eigenvalue weighted by atomic mass is 9.87. The third-order valence-electron chi connectivity index (χ3n) is 5.68. The number of ether oxygens (including phenoxy) is 2. The van der Waals surface area contributed by atoms with Gasteiger partial charge in [-0.2, -0.15) is 0 Å². The fraction of sp³-hybridized carbons (Fsp3) is 0.417. The Balaban J connectivity index is 1.86. The predicted molar refractivity (Wildman–Crippen MR) is 115 cm³/mol. The molecule has 0 radical (unpaired) electrons. The molecule has 6 nitrogen and oxygen atoms in total. The van der Waals surface area contributed by atoms with Crippen molar-refractivity contribution in [3.8, 4) is 11.5 Å². The highest BCUT2D eigenvalue weighted by Gasteiger charge is 2.42. The highest BCUT2D eigenvalue weighted by atomic mass is 19.1. The second-order valence-electron chi connectivity index (χ2n) is 8.04. The molecule has 1 aliphatic rings. The van der Waals surface area contributed by atoms with Crippen LogP contribution < -0.4 is 14.8 Å². The van der Waals surface area contributed by atoms with E-state index < -0.39 is 5.92 Å². The fourth-order valence-electron chi connectivity index (χ4n) is 4.06. The minimum absolute atomic E-state index is 0.0145. The Morgan fingerprint density at radius 3 is 2.42 bits per heavy atom. The summed E-state index contributed by atoms with van der Waals surface area (Å²) in [5, 5.41) is 2.94. The van der Waals surface area contributed by atoms with Gasteiger partial charge in [0.25, 0.3) is 0 Å². The number of amides is 2. The third kappa shape index (κ3) is 4.98. The maximum atomic E-state index is 13.2. The average Bonchev–Trinajstić information content (AvgIpc) is 3.22. The number of rotatable bonds is 7. The highest BCUT2D eigenvalue weighted by molar-refractivity contribution is 5.84. The zero-order chi connectivity index (χ0) is 22.5. The normalized spacial score (nSPS) is 18.2. The standard InChI is InChI=1S/C24H29FN2O4/c1-15(2)24(29)27-13-19(18-6-5-7-21(30-3)22(18)31-4)20(14-27)23(28)26-12-16-8-10-17(25)11-9-16/h5-11,15,19-20H,12-14H2,1-4H3,(H,26,28)/t19-,20-/m1/s1. The number of methoxy groups -OCH3 is 2. The summed E-state index contributed by atoms with van der Waals surface area (Å²) in [6, 6.07) is 11.6. The first-order valence-corrected chi connectivity index (χ1v) is 10.4. The van der Waals surface area contributed by atoms with Gasteiger partial charge in [-0.25, -0.2) is 4.39 Å². The Labute approximate surface area is 182 Å². The van der Waals surface area contributed by atoms with Gasteiger partial charge in [-0.3, -0.25) is 9.59 Å². The van der Waals surface area contributed by atoms with Crippen LogP contribution in [0, 0.1) is 17.7 Å². The van der Waals surface area contributed by atoms with E-state index in [1.807, 2.05) is 26.0 Å². The molecule has 0 aromatic heterocycles. The van der Waals surface area contributed by atoms with Gasteiger partial charge in [0.05, 0.1) is 20.1 Å². The number of nitrogens with one attached hydrogen (secondary N) is 1. The van der Waals surface area contributed by atoms with Crippen molar-refractivity contribution < 1.29 is 23.5 Å². The summed E-state index contributed by atoms with van der Waals surface area (Å²) in [6.45, 7) is 4.75. The van der Waals surface area contributed by atoms with Crippen molar-refractivity contribution in [3.05, 3.63) is 59.4 Å². The zero-order valence-electron chi connectivity index (χ0n) is 18.4. The summed E-state index contributed by atoms with van der Waals surface area (Å²) in [4.78, 5) is 27.6. The lowest BCUT2D eigenvalue weighted by Crippen LogP contribution is -2.36. The van der Waals surface area contributed by atoms with Crippen LogP contribution >= 0.6 is 0 Å². The van der Waals surface area contributed by atoms with Crippen molar-refractivity contribution in [3.63, 3.8) is 0 Å². The van der Waals surface area contributed by atoms with E-state index in [4.69, 9.17) is 9.47 Å². The Hall–Kier alpha value is -3.09. The Morgan fingerprint density at radius 2 is 1.81 bits per heavy atom. The van der Waals surface area contributed by atoms with Gasteiger partial charge in [-0.1, -0.05) is 38.1 Å². The molecular formula is C24H29FN2O4. The summed E-state index contributed by atoms with van der Waals surface area (Å²) in [7, 11) is 3.13. The molecule has 2 atom stereocenters. The highest BCUT2D eigenvalue weighted by Crippen LogP contribution is 2.42. The molecular weight excluding hydrogens is 399 g/mol. The van der Waals surface area contributed by atoms with Crippen LogP contribution in [0.25, 0.3) is 0 Å². The molecule has 1 aliphatic heterocycles. The molecule has 0 unspecified atom stereocenters. The molecule has 7 heteroatoms. The van der Waals surface area contributed by atoms with Crippen LogP contribution in [-0.2, 0) is 16.1 Å². The van der Waals surface area contributed by atoms with Gasteiger partial charge in [-0.05, 0) is 23.8 Å². The molecule has 0 aliphatic carbocycles. The first-order chi connectivity index (χ1) is 14.8. The van der Waals surface area contributed by atoms with E-state index >= 15 is 0 Å². The van der Waals surface area contributed by atoms with Crippen LogP contribution in [0.4, 0.5) is 4.39 Å². The van der Waals surface area contributed by atoms with E-state index in [2.05, 4.69) is 5.32 Å². The maximum Gasteiger partial charge on any atom is 0.225 e. The van der Waals surface area contributed by atoms with Gasteiger partial charge in [-0.15, -0.1) is 0 Å². The molecule has 1 heterocycles. The smallest absolute Gasteiger partial charge is 0.225 e. The number of hydrogen-bond acceptors (Lipinski definition) is 4. The van der Waals surface area contributed by atoms with Gasteiger partial charge in [0.15, 0.2) is 11.5 Å². The van der Waals surface area contributed by atoms with E-state index in [0.717, 1.165) is 11.1 Å². The van der Waals surface area contributed by atoms with Crippen LogP contribution in [0.2, 0.25) is 0 Å². The van der Waals surface area contributed by atoms with Gasteiger partial charge < -0.3 is 19.7 Å². The second kappa shape index (κ2) is 9.81. The molecule has 1 saturated heterocycles. The lowest BCUT2D eigenvalue weighted by Gasteiger charge is -2.21. The molecule has 0 spiro atoms. The predicted octanol–water partition coefficient (Wildman–Crippen LogP) is 3.36. The number of hydrogen-bond donors (Lipinski definition) is 1. The summed E-state index contributed by atoms with van der Waals surface area (Å²) >= 11 is 0. The van der Waals surface area contributed by atoms with Crippen molar-refractivity contribution in [1.29, 1.82) is 0 Å². The Bertz CT molecular complexity index is 930. The van der Waals surface area contributed by atoms with Gasteiger partial charge in [0.2, 0.25) is 11.8 Å². The third-order valence-corrected chi connectivity index (χ3v) is 5.68. The monoisotopic (exact) mass is 428 g/mol. The van der Waals surface area contributed by atoms with Gasteiger partial charge >= 0.3 is 0 Å². The SMILES string of the molecule is COc1cccc([C@H]2CN(C(=O)C(C)C)C[C@H]2C(=O)NCc2ccc(F)cc2)c1OC. The van der Waals surface area contributed by atoms with Crippen LogP contribution in [0.15, 0.2) is 42.5 Å². The number of halogens is 1. The van der Waals surface area contributed by atoms with E-state index in [0.29, 0.717) is 24.6 Å². The van der Waals surface area contributed by atoms with Crippen LogP contribution in [0.1, 0.15) is 30.9 Å². The van der Waals surface area contributed by atoms with Gasteiger partial charge in [0.1, 0.15) is 5.82 Å². The zero-order valence-corrected chi connectivity index (χ0v) is 18.4. The average molecular weight is 429 g/mol. The van der Waals surface area contributed by atoms with E-state index in [-0.39, 0.29) is 36.0 Å². The molecule has 2 amide bonds. The number of carbonyl (C=O) groups is 2.